The van der Waals surface area contributed by atoms with E-state index in [0.29, 0.717) is 6.42 Å². The molecule has 0 aliphatic heterocycles. The van der Waals surface area contributed by atoms with Crippen molar-refractivity contribution in [2.45, 2.75) is 25.6 Å². The van der Waals surface area contributed by atoms with Gasteiger partial charge in [-0.3, -0.25) is 4.98 Å². The predicted molar refractivity (Wildman–Crippen MR) is 44.5 cm³/mol. The molecule has 14 heavy (non-hydrogen) atoms. The molecule has 0 saturated carbocycles. The van der Waals surface area contributed by atoms with Crippen molar-refractivity contribution in [1.82, 2.24) is 4.98 Å². The monoisotopic (exact) mass is 205 g/mol. The Morgan fingerprint density at radius 2 is 2.07 bits per heavy atom. The van der Waals surface area contributed by atoms with Gasteiger partial charge in [-0.15, -0.1) is 0 Å². The zero-order chi connectivity index (χ0) is 10.8. The zero-order valence-corrected chi connectivity index (χ0v) is 7.54. The minimum absolute atomic E-state index is 0.264. The van der Waals surface area contributed by atoms with Crippen LogP contribution in [0.2, 0.25) is 0 Å². The summed E-state index contributed by atoms with van der Waals surface area (Å²) in [5, 5.41) is 9.28. The minimum Gasteiger partial charge on any atom is -0.387 e. The van der Waals surface area contributed by atoms with E-state index in [1.54, 1.807) is 6.92 Å². The molecule has 0 aliphatic carbocycles. The molecule has 78 valence electrons. The quantitative estimate of drug-likeness (QED) is 0.804. The molecule has 0 saturated heterocycles. The normalized spacial score (nSPS) is 14.1. The number of aromatic nitrogens is 1. The Morgan fingerprint density at radius 1 is 1.43 bits per heavy atom. The molecule has 0 radical (unpaired) electrons. The SMILES string of the molecule is CC[C@H](O)c1ccc(C(F)(F)F)cn1. The molecule has 1 atom stereocenters. The van der Waals surface area contributed by atoms with Gasteiger partial charge in [-0.25, -0.2) is 0 Å². The van der Waals surface area contributed by atoms with Crippen molar-refractivity contribution < 1.29 is 18.3 Å². The predicted octanol–water partition coefficient (Wildman–Crippen LogP) is 2.54. The largest absolute Gasteiger partial charge is 0.417 e. The summed E-state index contributed by atoms with van der Waals surface area (Å²) >= 11 is 0. The van der Waals surface area contributed by atoms with E-state index in [1.807, 2.05) is 0 Å². The Balaban J connectivity index is 2.89. The van der Waals surface area contributed by atoms with Gasteiger partial charge in [0, 0.05) is 6.20 Å². The van der Waals surface area contributed by atoms with Crippen LogP contribution in [0.15, 0.2) is 18.3 Å². The van der Waals surface area contributed by atoms with Crippen molar-refractivity contribution in [3.63, 3.8) is 0 Å². The lowest BCUT2D eigenvalue weighted by Crippen LogP contribution is -2.07. The molecule has 5 heteroatoms. The van der Waals surface area contributed by atoms with Gasteiger partial charge in [0.1, 0.15) is 0 Å². The number of halogens is 3. The summed E-state index contributed by atoms with van der Waals surface area (Å²) < 4.78 is 36.3. The van der Waals surface area contributed by atoms with E-state index >= 15 is 0 Å². The van der Waals surface area contributed by atoms with Crippen molar-refractivity contribution in [3.05, 3.63) is 29.6 Å². The van der Waals surface area contributed by atoms with E-state index in [2.05, 4.69) is 4.98 Å². The molecule has 0 bridgehead atoms. The second-order valence-corrected chi connectivity index (χ2v) is 2.89. The van der Waals surface area contributed by atoms with Gasteiger partial charge in [0.05, 0.1) is 17.4 Å². The van der Waals surface area contributed by atoms with Gasteiger partial charge in [-0.05, 0) is 18.6 Å². The fourth-order valence-electron chi connectivity index (χ4n) is 0.979. The standard InChI is InChI=1S/C9H10F3NO/c1-2-8(14)7-4-3-6(5-13-7)9(10,11)12/h3-5,8,14H,2H2,1H3/t8-/m0/s1. The number of aliphatic hydroxyl groups is 1. The van der Waals surface area contributed by atoms with E-state index in [0.717, 1.165) is 12.3 Å². The second-order valence-electron chi connectivity index (χ2n) is 2.89. The van der Waals surface area contributed by atoms with Crippen molar-refractivity contribution in [3.8, 4) is 0 Å². The van der Waals surface area contributed by atoms with E-state index in [9.17, 15) is 18.3 Å². The fourth-order valence-corrected chi connectivity index (χ4v) is 0.979. The van der Waals surface area contributed by atoms with E-state index in [-0.39, 0.29) is 5.69 Å². The first kappa shape index (κ1) is 11.0. The molecule has 1 N–H and O–H groups in total. The fraction of sp³-hybridized carbons (Fsp3) is 0.444. The number of alkyl halides is 3. The van der Waals surface area contributed by atoms with Crippen LogP contribution in [-0.2, 0) is 6.18 Å². The third-order valence-corrected chi connectivity index (χ3v) is 1.84. The summed E-state index contributed by atoms with van der Waals surface area (Å²) in [5.74, 6) is 0. The van der Waals surface area contributed by atoms with Crippen molar-refractivity contribution in [2.24, 2.45) is 0 Å². The average Bonchev–Trinajstić information content (AvgIpc) is 2.15. The van der Waals surface area contributed by atoms with E-state index in [4.69, 9.17) is 0 Å². The maximum absolute atomic E-state index is 12.1. The molecule has 0 amide bonds. The summed E-state index contributed by atoms with van der Waals surface area (Å²) in [6, 6.07) is 2.11. The number of aliphatic hydroxyl groups excluding tert-OH is 1. The Hall–Kier alpha value is -1.10. The van der Waals surface area contributed by atoms with Crippen LogP contribution in [0.3, 0.4) is 0 Å². The highest BCUT2D eigenvalue weighted by Crippen LogP contribution is 2.29. The van der Waals surface area contributed by atoms with Crippen LogP contribution >= 0.6 is 0 Å². The van der Waals surface area contributed by atoms with Crippen LogP contribution < -0.4 is 0 Å². The van der Waals surface area contributed by atoms with Crippen molar-refractivity contribution >= 4 is 0 Å². The molecule has 0 unspecified atom stereocenters. The first-order chi connectivity index (χ1) is 6.45. The topological polar surface area (TPSA) is 33.1 Å². The Kier molecular flexibility index (Phi) is 3.10. The van der Waals surface area contributed by atoms with Crippen LogP contribution in [0.1, 0.15) is 30.7 Å². The number of hydrogen-bond donors (Lipinski definition) is 1. The van der Waals surface area contributed by atoms with Gasteiger partial charge in [0.2, 0.25) is 0 Å². The molecule has 0 fully saturated rings. The van der Waals surface area contributed by atoms with E-state index < -0.39 is 17.8 Å². The Morgan fingerprint density at radius 3 is 2.43 bits per heavy atom. The third kappa shape index (κ3) is 2.45. The van der Waals surface area contributed by atoms with Crippen LogP contribution in [0.25, 0.3) is 0 Å². The molecule has 0 aromatic carbocycles. The van der Waals surface area contributed by atoms with Gasteiger partial charge < -0.3 is 5.11 Å². The summed E-state index contributed by atoms with van der Waals surface area (Å²) in [7, 11) is 0. The first-order valence-corrected chi connectivity index (χ1v) is 4.16. The van der Waals surface area contributed by atoms with Crippen LogP contribution in [-0.4, -0.2) is 10.1 Å². The molecule has 1 rings (SSSR count). The van der Waals surface area contributed by atoms with Gasteiger partial charge >= 0.3 is 6.18 Å². The number of pyridine rings is 1. The highest BCUT2D eigenvalue weighted by atomic mass is 19.4. The number of rotatable bonds is 2. The van der Waals surface area contributed by atoms with Gasteiger partial charge in [0.15, 0.2) is 0 Å². The maximum Gasteiger partial charge on any atom is 0.417 e. The minimum atomic E-state index is -4.37. The smallest absolute Gasteiger partial charge is 0.387 e. The van der Waals surface area contributed by atoms with Gasteiger partial charge in [-0.2, -0.15) is 13.2 Å². The number of hydrogen-bond acceptors (Lipinski definition) is 2. The summed E-state index contributed by atoms with van der Waals surface area (Å²) in [6.07, 6.45) is -4.01. The molecule has 0 aliphatic rings. The van der Waals surface area contributed by atoms with Crippen LogP contribution in [0, 0.1) is 0 Å². The lowest BCUT2D eigenvalue weighted by atomic mass is 10.1. The van der Waals surface area contributed by atoms with Crippen LogP contribution in [0.4, 0.5) is 13.2 Å². The average molecular weight is 205 g/mol. The summed E-state index contributed by atoms with van der Waals surface area (Å²) in [5.41, 5.74) is -0.537. The Bertz CT molecular complexity index is 294. The molecular formula is C9H10F3NO. The van der Waals surface area contributed by atoms with Crippen molar-refractivity contribution in [2.75, 3.05) is 0 Å². The molecule has 0 spiro atoms. The second kappa shape index (κ2) is 3.96. The Labute approximate surface area is 79.4 Å². The maximum atomic E-state index is 12.1. The highest BCUT2D eigenvalue weighted by molar-refractivity contribution is 5.18. The zero-order valence-electron chi connectivity index (χ0n) is 7.54. The highest BCUT2D eigenvalue weighted by Gasteiger charge is 2.30. The van der Waals surface area contributed by atoms with Gasteiger partial charge in [0.25, 0.3) is 0 Å². The first-order valence-electron chi connectivity index (χ1n) is 4.16. The molecule has 1 heterocycles. The molecule has 1 aromatic heterocycles. The number of nitrogens with zero attached hydrogens (tertiary/aromatic N) is 1. The lowest BCUT2D eigenvalue weighted by molar-refractivity contribution is -0.137. The van der Waals surface area contributed by atoms with Gasteiger partial charge in [-0.1, -0.05) is 6.92 Å². The van der Waals surface area contributed by atoms with Crippen molar-refractivity contribution in [1.29, 1.82) is 0 Å². The lowest BCUT2D eigenvalue weighted by Gasteiger charge is -2.09. The molecule has 2 nitrogen and oxygen atoms in total. The third-order valence-electron chi connectivity index (χ3n) is 1.84. The summed E-state index contributed by atoms with van der Waals surface area (Å²) in [4.78, 5) is 3.55. The van der Waals surface area contributed by atoms with Crippen LogP contribution in [0.5, 0.6) is 0 Å². The molecule has 1 aromatic rings. The molecular weight excluding hydrogens is 195 g/mol. The van der Waals surface area contributed by atoms with E-state index in [1.165, 1.54) is 6.07 Å². The summed E-state index contributed by atoms with van der Waals surface area (Å²) in [6.45, 7) is 1.73.